The van der Waals surface area contributed by atoms with Crippen LogP contribution in [0.3, 0.4) is 0 Å². The molecule has 5 heteroatoms. The molecule has 0 fully saturated rings. The summed E-state index contributed by atoms with van der Waals surface area (Å²) in [6, 6.07) is 5.82. The Morgan fingerprint density at radius 1 is 1.39 bits per heavy atom. The molecule has 0 aliphatic rings. The van der Waals surface area contributed by atoms with Crippen LogP contribution < -0.4 is 10.9 Å². The van der Waals surface area contributed by atoms with Crippen molar-refractivity contribution in [2.45, 2.75) is 59.0 Å². The smallest absolute Gasteiger partial charge is 0.261 e. The first kappa shape index (κ1) is 17.2. The van der Waals surface area contributed by atoms with Gasteiger partial charge in [0.2, 0.25) is 5.91 Å². The van der Waals surface area contributed by atoms with Crippen LogP contribution in [-0.4, -0.2) is 21.5 Å². The lowest BCUT2D eigenvalue weighted by Gasteiger charge is -2.13. The summed E-state index contributed by atoms with van der Waals surface area (Å²) in [5, 5.41) is 3.61. The second kappa shape index (κ2) is 7.90. The molecule has 5 nitrogen and oxygen atoms in total. The van der Waals surface area contributed by atoms with Crippen LogP contribution in [-0.2, 0) is 11.3 Å². The molecule has 0 radical (unpaired) electrons. The third-order valence-electron chi connectivity index (χ3n) is 3.99. The van der Waals surface area contributed by atoms with E-state index >= 15 is 0 Å². The minimum atomic E-state index is -0.0431. The molecule has 1 aromatic carbocycles. The van der Waals surface area contributed by atoms with Gasteiger partial charge in [-0.2, -0.15) is 0 Å². The third kappa shape index (κ3) is 4.41. The molecule has 0 spiro atoms. The molecule has 0 saturated heterocycles. The van der Waals surface area contributed by atoms with E-state index in [1.54, 1.807) is 17.0 Å². The number of para-hydroxylation sites is 1. The summed E-state index contributed by atoms with van der Waals surface area (Å²) in [7, 11) is 0. The van der Waals surface area contributed by atoms with E-state index in [-0.39, 0.29) is 17.5 Å². The number of nitrogens with zero attached hydrogens (tertiary/aromatic N) is 2. The summed E-state index contributed by atoms with van der Waals surface area (Å²) in [5.74, 6) is 0.0450. The van der Waals surface area contributed by atoms with Gasteiger partial charge >= 0.3 is 0 Å². The Labute approximate surface area is 136 Å². The van der Waals surface area contributed by atoms with Crippen LogP contribution in [0.1, 0.15) is 45.1 Å². The summed E-state index contributed by atoms with van der Waals surface area (Å²) < 4.78 is 1.59. The Morgan fingerprint density at radius 3 is 2.91 bits per heavy atom. The van der Waals surface area contributed by atoms with Gasteiger partial charge < -0.3 is 5.32 Å². The standard InChI is InChI=1S/C18H25N3O2/c1-4-7-14(3)20-16(22)10-6-11-21-12-19-17-13(2)8-5-9-15(17)18(21)23/h5,8-9,12,14H,4,6-7,10-11H2,1-3H3,(H,20,22). The number of nitrogens with one attached hydrogen (secondary N) is 1. The first-order valence-corrected chi connectivity index (χ1v) is 8.27. The van der Waals surface area contributed by atoms with Gasteiger partial charge in [0.25, 0.3) is 5.56 Å². The van der Waals surface area contributed by atoms with Crippen LogP contribution >= 0.6 is 0 Å². The molecular weight excluding hydrogens is 290 g/mol. The summed E-state index contributed by atoms with van der Waals surface area (Å²) in [5.41, 5.74) is 1.70. The molecule has 0 saturated carbocycles. The van der Waals surface area contributed by atoms with Gasteiger partial charge in [-0.3, -0.25) is 14.2 Å². The minimum absolute atomic E-state index is 0.0431. The molecule has 124 valence electrons. The Morgan fingerprint density at radius 2 is 2.17 bits per heavy atom. The second-order valence-corrected chi connectivity index (χ2v) is 6.07. The van der Waals surface area contributed by atoms with Crippen LogP contribution in [0.4, 0.5) is 0 Å². The number of aromatic nitrogens is 2. The Balaban J connectivity index is 1.97. The number of aryl methyl sites for hydroxylation is 2. The van der Waals surface area contributed by atoms with E-state index in [0.29, 0.717) is 24.8 Å². The highest BCUT2D eigenvalue weighted by molar-refractivity contribution is 5.80. The van der Waals surface area contributed by atoms with E-state index in [1.807, 2.05) is 26.0 Å². The summed E-state index contributed by atoms with van der Waals surface area (Å²) in [4.78, 5) is 28.7. The first-order chi connectivity index (χ1) is 11.0. The normalized spacial score (nSPS) is 12.3. The largest absolute Gasteiger partial charge is 0.354 e. The molecule has 0 bridgehead atoms. The fourth-order valence-corrected chi connectivity index (χ4v) is 2.76. The van der Waals surface area contributed by atoms with Crippen molar-refractivity contribution in [2.24, 2.45) is 0 Å². The highest BCUT2D eigenvalue weighted by Gasteiger charge is 2.08. The zero-order chi connectivity index (χ0) is 16.8. The predicted octanol–water partition coefficient (Wildman–Crippen LogP) is 2.79. The molecule has 0 aliphatic carbocycles. The second-order valence-electron chi connectivity index (χ2n) is 6.07. The van der Waals surface area contributed by atoms with Crippen LogP contribution in [0.25, 0.3) is 10.9 Å². The number of hydrogen-bond acceptors (Lipinski definition) is 3. The average Bonchev–Trinajstić information content (AvgIpc) is 2.50. The maximum Gasteiger partial charge on any atom is 0.261 e. The van der Waals surface area contributed by atoms with Crippen LogP contribution in [0.15, 0.2) is 29.3 Å². The van der Waals surface area contributed by atoms with E-state index in [2.05, 4.69) is 17.2 Å². The van der Waals surface area contributed by atoms with Gasteiger partial charge in [-0.25, -0.2) is 4.98 Å². The SMILES string of the molecule is CCCC(C)NC(=O)CCCn1cnc2c(C)cccc2c1=O. The molecule has 2 rings (SSSR count). The van der Waals surface area contributed by atoms with Crippen molar-refractivity contribution in [1.82, 2.24) is 14.9 Å². The van der Waals surface area contributed by atoms with Gasteiger partial charge in [-0.15, -0.1) is 0 Å². The number of rotatable bonds is 7. The lowest BCUT2D eigenvalue weighted by Crippen LogP contribution is -2.32. The fraction of sp³-hybridized carbons (Fsp3) is 0.500. The average molecular weight is 315 g/mol. The van der Waals surface area contributed by atoms with Crippen molar-refractivity contribution >= 4 is 16.8 Å². The Hall–Kier alpha value is -2.17. The van der Waals surface area contributed by atoms with Crippen molar-refractivity contribution in [2.75, 3.05) is 0 Å². The predicted molar refractivity (Wildman–Crippen MR) is 92.5 cm³/mol. The Bertz CT molecular complexity index is 737. The highest BCUT2D eigenvalue weighted by atomic mass is 16.1. The van der Waals surface area contributed by atoms with E-state index in [9.17, 15) is 9.59 Å². The van der Waals surface area contributed by atoms with Crippen LogP contribution in [0.5, 0.6) is 0 Å². The zero-order valence-corrected chi connectivity index (χ0v) is 14.1. The molecule has 23 heavy (non-hydrogen) atoms. The number of benzene rings is 1. The fourth-order valence-electron chi connectivity index (χ4n) is 2.76. The minimum Gasteiger partial charge on any atom is -0.354 e. The highest BCUT2D eigenvalue weighted by Crippen LogP contribution is 2.11. The van der Waals surface area contributed by atoms with Gasteiger partial charge in [0.05, 0.1) is 17.2 Å². The van der Waals surface area contributed by atoms with E-state index in [0.717, 1.165) is 23.9 Å². The van der Waals surface area contributed by atoms with Crippen molar-refractivity contribution in [3.8, 4) is 0 Å². The van der Waals surface area contributed by atoms with Crippen molar-refractivity contribution in [3.63, 3.8) is 0 Å². The monoisotopic (exact) mass is 315 g/mol. The first-order valence-electron chi connectivity index (χ1n) is 8.27. The third-order valence-corrected chi connectivity index (χ3v) is 3.99. The van der Waals surface area contributed by atoms with Gasteiger partial charge in [0.15, 0.2) is 0 Å². The van der Waals surface area contributed by atoms with Gasteiger partial charge in [-0.1, -0.05) is 25.5 Å². The summed E-state index contributed by atoms with van der Waals surface area (Å²) in [6.45, 7) is 6.57. The van der Waals surface area contributed by atoms with E-state index in [1.165, 1.54) is 0 Å². The number of fused-ring (bicyclic) bond motifs is 1. The molecular formula is C18H25N3O2. The Kier molecular flexibility index (Phi) is 5.90. The number of hydrogen-bond donors (Lipinski definition) is 1. The number of carbonyl (C=O) groups excluding carboxylic acids is 1. The molecule has 1 unspecified atom stereocenters. The zero-order valence-electron chi connectivity index (χ0n) is 14.1. The van der Waals surface area contributed by atoms with E-state index in [4.69, 9.17) is 0 Å². The summed E-state index contributed by atoms with van der Waals surface area (Å²) in [6.07, 6.45) is 4.67. The maximum atomic E-state index is 12.4. The topological polar surface area (TPSA) is 64.0 Å². The maximum absolute atomic E-state index is 12.4. The molecule has 1 amide bonds. The summed E-state index contributed by atoms with van der Waals surface area (Å²) >= 11 is 0. The van der Waals surface area contributed by atoms with Crippen LogP contribution in [0.2, 0.25) is 0 Å². The molecule has 1 heterocycles. The van der Waals surface area contributed by atoms with Crippen LogP contribution in [0, 0.1) is 6.92 Å². The quantitative estimate of drug-likeness (QED) is 0.854. The number of amides is 1. The van der Waals surface area contributed by atoms with Gasteiger partial charge in [0.1, 0.15) is 0 Å². The van der Waals surface area contributed by atoms with Gasteiger partial charge in [0, 0.05) is 19.0 Å². The van der Waals surface area contributed by atoms with Crippen molar-refractivity contribution in [3.05, 3.63) is 40.4 Å². The molecule has 1 atom stereocenters. The molecule has 2 aromatic rings. The van der Waals surface area contributed by atoms with Gasteiger partial charge in [-0.05, 0) is 38.3 Å². The number of carbonyl (C=O) groups is 1. The van der Waals surface area contributed by atoms with Crippen molar-refractivity contribution < 1.29 is 4.79 Å². The lowest BCUT2D eigenvalue weighted by molar-refractivity contribution is -0.121. The lowest BCUT2D eigenvalue weighted by atomic mass is 10.1. The van der Waals surface area contributed by atoms with Crippen molar-refractivity contribution in [1.29, 1.82) is 0 Å². The molecule has 1 aromatic heterocycles. The van der Waals surface area contributed by atoms with E-state index < -0.39 is 0 Å². The molecule has 1 N–H and O–H groups in total. The molecule has 0 aliphatic heterocycles.